The highest BCUT2D eigenvalue weighted by Gasteiger charge is 2.10. The summed E-state index contributed by atoms with van der Waals surface area (Å²) in [4.78, 5) is 12.9. The smallest absolute Gasteiger partial charge is 0.335 e. The Morgan fingerprint density at radius 3 is 2.67 bits per heavy atom. The Morgan fingerprint density at radius 1 is 1.24 bits per heavy atom. The Bertz CT molecular complexity index is 660. The van der Waals surface area contributed by atoms with Crippen molar-refractivity contribution in [3.05, 3.63) is 69.4 Å². The Kier molecular flexibility index (Phi) is 5.09. The van der Waals surface area contributed by atoms with E-state index in [0.29, 0.717) is 18.7 Å². The van der Waals surface area contributed by atoms with Crippen LogP contribution < -0.4 is 0 Å². The number of carboxylic acids is 1. The third kappa shape index (κ3) is 4.37. The first-order valence-electron chi connectivity index (χ1n) is 6.40. The summed E-state index contributed by atoms with van der Waals surface area (Å²) in [5.74, 6) is -1.44. The first kappa shape index (κ1) is 15.7. The van der Waals surface area contributed by atoms with Gasteiger partial charge in [-0.2, -0.15) is 0 Å². The molecule has 2 aromatic rings. The minimum atomic E-state index is -1.05. The van der Waals surface area contributed by atoms with Crippen LogP contribution in [0, 0.1) is 5.82 Å². The number of halogens is 2. The minimum absolute atomic E-state index is 0.0993. The van der Waals surface area contributed by atoms with E-state index in [1.165, 1.54) is 18.2 Å². The fourth-order valence-electron chi connectivity index (χ4n) is 2.12. The molecule has 110 valence electrons. The molecule has 3 nitrogen and oxygen atoms in total. The highest BCUT2D eigenvalue weighted by Crippen LogP contribution is 2.16. The lowest BCUT2D eigenvalue weighted by Gasteiger charge is -2.17. The quantitative estimate of drug-likeness (QED) is 0.887. The van der Waals surface area contributed by atoms with Gasteiger partial charge in [0.2, 0.25) is 0 Å². The maximum Gasteiger partial charge on any atom is 0.335 e. The molecule has 0 saturated carbocycles. The third-order valence-corrected chi connectivity index (χ3v) is 3.57. The molecule has 0 fully saturated rings. The van der Waals surface area contributed by atoms with Gasteiger partial charge in [-0.25, -0.2) is 9.18 Å². The van der Waals surface area contributed by atoms with Crippen LogP contribution in [0.25, 0.3) is 0 Å². The number of hydrogen-bond donors (Lipinski definition) is 1. The first-order valence-corrected chi connectivity index (χ1v) is 7.19. The highest BCUT2D eigenvalue weighted by atomic mass is 79.9. The lowest BCUT2D eigenvalue weighted by molar-refractivity contribution is 0.0696. The van der Waals surface area contributed by atoms with Crippen molar-refractivity contribution in [1.82, 2.24) is 4.90 Å². The third-order valence-electron chi connectivity index (χ3n) is 3.07. The van der Waals surface area contributed by atoms with Crippen LogP contribution in [0.4, 0.5) is 4.39 Å². The van der Waals surface area contributed by atoms with Gasteiger partial charge in [0.1, 0.15) is 5.82 Å². The number of carbonyl (C=O) groups is 1. The number of carboxylic acid groups (broad SMARTS) is 1. The van der Waals surface area contributed by atoms with Crippen molar-refractivity contribution in [1.29, 1.82) is 0 Å². The Balaban J connectivity index is 2.10. The summed E-state index contributed by atoms with van der Waals surface area (Å²) in [6.07, 6.45) is 0. The summed E-state index contributed by atoms with van der Waals surface area (Å²) in [5.41, 5.74) is 1.58. The molecule has 2 rings (SSSR count). The van der Waals surface area contributed by atoms with Gasteiger partial charge in [-0.3, -0.25) is 4.90 Å². The average molecular weight is 352 g/mol. The van der Waals surface area contributed by atoms with E-state index in [9.17, 15) is 9.18 Å². The molecule has 2 aromatic carbocycles. The van der Waals surface area contributed by atoms with Crippen molar-refractivity contribution >= 4 is 21.9 Å². The van der Waals surface area contributed by atoms with Crippen molar-refractivity contribution in [2.75, 3.05) is 7.05 Å². The monoisotopic (exact) mass is 351 g/mol. The molecule has 0 bridgehead atoms. The topological polar surface area (TPSA) is 40.5 Å². The molecule has 0 spiro atoms. The zero-order chi connectivity index (χ0) is 15.4. The summed E-state index contributed by atoms with van der Waals surface area (Å²) in [7, 11) is 1.87. The number of nitrogens with zero attached hydrogens (tertiary/aromatic N) is 1. The van der Waals surface area contributed by atoms with Crippen molar-refractivity contribution in [3.8, 4) is 0 Å². The molecule has 1 N–H and O–H groups in total. The molecule has 0 aromatic heterocycles. The lowest BCUT2D eigenvalue weighted by Crippen LogP contribution is -2.18. The van der Waals surface area contributed by atoms with Crippen LogP contribution in [0.1, 0.15) is 21.5 Å². The number of hydrogen-bond acceptors (Lipinski definition) is 2. The van der Waals surface area contributed by atoms with E-state index in [0.717, 1.165) is 10.0 Å². The van der Waals surface area contributed by atoms with Gasteiger partial charge in [0.05, 0.1) is 5.56 Å². The largest absolute Gasteiger partial charge is 0.478 e. The number of rotatable bonds is 5. The molecule has 0 unspecified atom stereocenters. The molecule has 0 aliphatic rings. The standard InChI is InChI=1S/C16H15BrFNO2/c1-19(9-11-3-2-4-14(17)7-11)10-13-8-12(16(20)21)5-6-15(13)18/h2-8H,9-10H2,1H3,(H,20,21). The zero-order valence-electron chi connectivity index (χ0n) is 11.5. The van der Waals surface area contributed by atoms with Crippen LogP contribution in [0.5, 0.6) is 0 Å². The van der Waals surface area contributed by atoms with Gasteiger partial charge in [-0.05, 0) is 42.9 Å². The molecule has 0 aliphatic heterocycles. The predicted molar refractivity (Wildman–Crippen MR) is 82.7 cm³/mol. The summed E-state index contributed by atoms with van der Waals surface area (Å²) in [5, 5.41) is 8.96. The Hall–Kier alpha value is -1.72. The second kappa shape index (κ2) is 6.83. The van der Waals surface area contributed by atoms with Crippen LogP contribution >= 0.6 is 15.9 Å². The molecule has 0 atom stereocenters. The second-order valence-electron chi connectivity index (χ2n) is 4.91. The van der Waals surface area contributed by atoms with E-state index in [2.05, 4.69) is 15.9 Å². The van der Waals surface area contributed by atoms with Crippen LogP contribution in [-0.4, -0.2) is 23.0 Å². The van der Waals surface area contributed by atoms with E-state index in [1.54, 1.807) is 0 Å². The Labute approximate surface area is 131 Å². The Morgan fingerprint density at radius 2 is 2.00 bits per heavy atom. The van der Waals surface area contributed by atoms with Gasteiger partial charge in [-0.15, -0.1) is 0 Å². The van der Waals surface area contributed by atoms with E-state index in [4.69, 9.17) is 5.11 Å². The molecule has 0 aliphatic carbocycles. The van der Waals surface area contributed by atoms with E-state index >= 15 is 0 Å². The maximum atomic E-state index is 13.8. The summed E-state index contributed by atoms with van der Waals surface area (Å²) < 4.78 is 14.8. The van der Waals surface area contributed by atoms with E-state index in [-0.39, 0.29) is 11.4 Å². The summed E-state index contributed by atoms with van der Waals surface area (Å²) >= 11 is 3.41. The van der Waals surface area contributed by atoms with Crippen LogP contribution in [0.15, 0.2) is 46.9 Å². The molecular formula is C16H15BrFNO2. The van der Waals surface area contributed by atoms with Crippen LogP contribution in [-0.2, 0) is 13.1 Å². The van der Waals surface area contributed by atoms with Gasteiger partial charge in [-0.1, -0.05) is 28.1 Å². The van der Waals surface area contributed by atoms with Crippen molar-refractivity contribution in [2.45, 2.75) is 13.1 Å². The van der Waals surface area contributed by atoms with Gasteiger partial charge >= 0.3 is 5.97 Å². The molecule has 5 heteroatoms. The highest BCUT2D eigenvalue weighted by molar-refractivity contribution is 9.10. The minimum Gasteiger partial charge on any atom is -0.478 e. The summed E-state index contributed by atoms with van der Waals surface area (Å²) in [6, 6.07) is 11.7. The fraction of sp³-hybridized carbons (Fsp3) is 0.188. The van der Waals surface area contributed by atoms with E-state index < -0.39 is 5.97 Å². The summed E-state index contributed by atoms with van der Waals surface area (Å²) in [6.45, 7) is 0.996. The van der Waals surface area contributed by atoms with E-state index in [1.807, 2.05) is 36.2 Å². The molecule has 0 heterocycles. The van der Waals surface area contributed by atoms with Gasteiger partial charge in [0, 0.05) is 23.1 Å². The van der Waals surface area contributed by atoms with Gasteiger partial charge < -0.3 is 5.11 Å². The average Bonchev–Trinajstić information content (AvgIpc) is 2.41. The lowest BCUT2D eigenvalue weighted by atomic mass is 10.1. The normalized spacial score (nSPS) is 10.9. The SMILES string of the molecule is CN(Cc1cccc(Br)c1)Cc1cc(C(=O)O)ccc1F. The van der Waals surface area contributed by atoms with Crippen molar-refractivity contribution in [2.24, 2.45) is 0 Å². The molecule has 0 radical (unpaired) electrons. The van der Waals surface area contributed by atoms with Crippen molar-refractivity contribution < 1.29 is 14.3 Å². The molecule has 21 heavy (non-hydrogen) atoms. The van der Waals surface area contributed by atoms with Crippen LogP contribution in [0.2, 0.25) is 0 Å². The zero-order valence-corrected chi connectivity index (χ0v) is 13.1. The predicted octanol–water partition coefficient (Wildman–Crippen LogP) is 3.92. The van der Waals surface area contributed by atoms with Crippen molar-refractivity contribution in [3.63, 3.8) is 0 Å². The molecule has 0 amide bonds. The first-order chi connectivity index (χ1) is 9.95. The fourth-order valence-corrected chi connectivity index (χ4v) is 2.57. The maximum absolute atomic E-state index is 13.8. The second-order valence-corrected chi connectivity index (χ2v) is 5.83. The molecular weight excluding hydrogens is 337 g/mol. The van der Waals surface area contributed by atoms with Crippen LogP contribution in [0.3, 0.4) is 0 Å². The molecule has 0 saturated heterocycles. The number of aromatic carboxylic acids is 1. The number of benzene rings is 2. The van der Waals surface area contributed by atoms with Gasteiger partial charge in [0.25, 0.3) is 0 Å². The van der Waals surface area contributed by atoms with Gasteiger partial charge in [0.15, 0.2) is 0 Å².